The Kier molecular flexibility index (Phi) is 3.25. The average Bonchev–Trinajstić information content (AvgIpc) is 2.23. The summed E-state index contributed by atoms with van der Waals surface area (Å²) in [5, 5.41) is 2.97. The van der Waals surface area contributed by atoms with E-state index in [2.05, 4.69) is 5.32 Å². The van der Waals surface area contributed by atoms with Gasteiger partial charge in [0.05, 0.1) is 0 Å². The van der Waals surface area contributed by atoms with Crippen molar-refractivity contribution in [1.82, 2.24) is 5.32 Å². The van der Waals surface area contributed by atoms with Crippen molar-refractivity contribution >= 4 is 5.91 Å². The number of hydrogen-bond acceptors (Lipinski definition) is 2. The van der Waals surface area contributed by atoms with Gasteiger partial charge in [0.1, 0.15) is 6.04 Å². The number of nitrogens with one attached hydrogen (secondary N) is 1. The number of aryl methyl sites for hydroxylation is 1. The summed E-state index contributed by atoms with van der Waals surface area (Å²) in [6.07, 6.45) is 3.39. The topological polar surface area (TPSA) is 55.1 Å². The second-order valence-electron chi connectivity index (χ2n) is 4.52. The van der Waals surface area contributed by atoms with Gasteiger partial charge in [-0.15, -0.1) is 0 Å². The van der Waals surface area contributed by atoms with Gasteiger partial charge in [0.2, 0.25) is 5.91 Å². The molecule has 0 radical (unpaired) electrons. The lowest BCUT2D eigenvalue weighted by Gasteiger charge is -2.27. The summed E-state index contributed by atoms with van der Waals surface area (Å²) in [6, 6.07) is 7.60. The first-order chi connectivity index (χ1) is 7.66. The van der Waals surface area contributed by atoms with Gasteiger partial charge in [-0.1, -0.05) is 29.8 Å². The van der Waals surface area contributed by atoms with Crippen molar-refractivity contribution in [3.05, 3.63) is 35.4 Å². The van der Waals surface area contributed by atoms with Crippen molar-refractivity contribution in [2.24, 2.45) is 5.73 Å². The van der Waals surface area contributed by atoms with Gasteiger partial charge >= 0.3 is 0 Å². The number of carbonyl (C=O) groups excluding carboxylic acids is 1. The third-order valence-corrected chi connectivity index (χ3v) is 3.17. The fourth-order valence-electron chi connectivity index (χ4n) is 1.77. The molecule has 1 saturated carbocycles. The summed E-state index contributed by atoms with van der Waals surface area (Å²) in [5.41, 5.74) is 7.96. The van der Waals surface area contributed by atoms with Gasteiger partial charge in [-0.05, 0) is 31.7 Å². The molecule has 1 aromatic carbocycles. The minimum Gasteiger partial charge on any atom is -0.352 e. The molecule has 0 bridgehead atoms. The summed E-state index contributed by atoms with van der Waals surface area (Å²) in [6.45, 7) is 2.02. The van der Waals surface area contributed by atoms with Crippen LogP contribution in [0.1, 0.15) is 36.4 Å². The molecular weight excluding hydrogens is 200 g/mol. The molecular formula is C13H18N2O. The Morgan fingerprint density at radius 1 is 1.38 bits per heavy atom. The monoisotopic (exact) mass is 218 g/mol. The first-order valence-electron chi connectivity index (χ1n) is 5.79. The molecule has 1 fully saturated rings. The Balaban J connectivity index is 1.97. The molecule has 1 unspecified atom stereocenters. The Hall–Kier alpha value is -1.35. The van der Waals surface area contributed by atoms with Crippen LogP contribution in [0.15, 0.2) is 24.3 Å². The molecule has 0 saturated heterocycles. The highest BCUT2D eigenvalue weighted by Crippen LogP contribution is 2.19. The fraction of sp³-hybridized carbons (Fsp3) is 0.462. The molecule has 0 spiro atoms. The van der Waals surface area contributed by atoms with Crippen LogP contribution >= 0.6 is 0 Å². The summed E-state index contributed by atoms with van der Waals surface area (Å²) >= 11 is 0. The van der Waals surface area contributed by atoms with E-state index in [0.29, 0.717) is 6.04 Å². The molecule has 1 aliphatic carbocycles. The van der Waals surface area contributed by atoms with Crippen molar-refractivity contribution in [1.29, 1.82) is 0 Å². The zero-order valence-corrected chi connectivity index (χ0v) is 9.57. The van der Waals surface area contributed by atoms with Crippen LogP contribution in [0.2, 0.25) is 0 Å². The summed E-state index contributed by atoms with van der Waals surface area (Å²) in [5.74, 6) is -0.0615. The minimum atomic E-state index is -0.541. The molecule has 0 aromatic heterocycles. The molecule has 3 nitrogen and oxygen atoms in total. The molecule has 1 aliphatic rings. The Morgan fingerprint density at radius 3 is 2.50 bits per heavy atom. The standard InChI is InChI=1S/C13H18N2O/c1-9-5-7-10(8-6-9)12(14)13(16)15-11-3-2-4-11/h5-8,11-12H,2-4,14H2,1H3,(H,15,16). The molecule has 2 rings (SSSR count). The van der Waals surface area contributed by atoms with Gasteiger partial charge in [0, 0.05) is 6.04 Å². The van der Waals surface area contributed by atoms with E-state index in [4.69, 9.17) is 5.73 Å². The maximum Gasteiger partial charge on any atom is 0.241 e. The number of nitrogens with two attached hydrogens (primary N) is 1. The summed E-state index contributed by atoms with van der Waals surface area (Å²) in [7, 11) is 0. The third-order valence-electron chi connectivity index (χ3n) is 3.17. The van der Waals surface area contributed by atoms with Crippen molar-refractivity contribution < 1.29 is 4.79 Å². The lowest BCUT2D eigenvalue weighted by Crippen LogP contribution is -2.44. The van der Waals surface area contributed by atoms with E-state index >= 15 is 0 Å². The highest BCUT2D eigenvalue weighted by atomic mass is 16.2. The summed E-state index contributed by atoms with van der Waals surface area (Å²) in [4.78, 5) is 11.8. The molecule has 0 aliphatic heterocycles. The van der Waals surface area contributed by atoms with Gasteiger partial charge in [0.25, 0.3) is 0 Å². The maximum atomic E-state index is 11.8. The van der Waals surface area contributed by atoms with Crippen LogP contribution in [0.5, 0.6) is 0 Å². The van der Waals surface area contributed by atoms with Crippen LogP contribution in [-0.2, 0) is 4.79 Å². The Morgan fingerprint density at radius 2 is 2.00 bits per heavy atom. The predicted molar refractivity (Wildman–Crippen MR) is 63.9 cm³/mol. The van der Waals surface area contributed by atoms with E-state index in [1.54, 1.807) is 0 Å². The van der Waals surface area contributed by atoms with E-state index in [9.17, 15) is 4.79 Å². The first-order valence-corrected chi connectivity index (χ1v) is 5.79. The number of amides is 1. The molecule has 1 amide bonds. The zero-order chi connectivity index (χ0) is 11.5. The molecule has 3 heteroatoms. The van der Waals surface area contributed by atoms with E-state index in [-0.39, 0.29) is 5.91 Å². The van der Waals surface area contributed by atoms with E-state index in [0.717, 1.165) is 18.4 Å². The van der Waals surface area contributed by atoms with Crippen LogP contribution in [0.4, 0.5) is 0 Å². The van der Waals surface area contributed by atoms with Crippen LogP contribution < -0.4 is 11.1 Å². The van der Waals surface area contributed by atoms with E-state index < -0.39 is 6.04 Å². The number of rotatable bonds is 3. The normalized spacial score (nSPS) is 17.6. The largest absolute Gasteiger partial charge is 0.352 e. The highest BCUT2D eigenvalue weighted by molar-refractivity contribution is 5.83. The zero-order valence-electron chi connectivity index (χ0n) is 9.57. The third kappa shape index (κ3) is 2.42. The van der Waals surface area contributed by atoms with Gasteiger partial charge < -0.3 is 11.1 Å². The van der Waals surface area contributed by atoms with Gasteiger partial charge in [0.15, 0.2) is 0 Å². The molecule has 86 valence electrons. The lowest BCUT2D eigenvalue weighted by molar-refractivity contribution is -0.123. The van der Waals surface area contributed by atoms with Gasteiger partial charge in [-0.3, -0.25) is 4.79 Å². The smallest absolute Gasteiger partial charge is 0.241 e. The first kappa shape index (κ1) is 11.1. The fourth-order valence-corrected chi connectivity index (χ4v) is 1.77. The predicted octanol–water partition coefficient (Wildman–Crippen LogP) is 1.66. The lowest BCUT2D eigenvalue weighted by atomic mass is 9.92. The van der Waals surface area contributed by atoms with Crippen molar-refractivity contribution in [2.45, 2.75) is 38.3 Å². The van der Waals surface area contributed by atoms with Crippen molar-refractivity contribution in [3.8, 4) is 0 Å². The van der Waals surface area contributed by atoms with Crippen LogP contribution in [0.3, 0.4) is 0 Å². The molecule has 16 heavy (non-hydrogen) atoms. The minimum absolute atomic E-state index is 0.0615. The Labute approximate surface area is 96.0 Å². The quantitative estimate of drug-likeness (QED) is 0.810. The number of hydrogen-bond donors (Lipinski definition) is 2. The summed E-state index contributed by atoms with van der Waals surface area (Å²) < 4.78 is 0. The van der Waals surface area contributed by atoms with Gasteiger partial charge in [-0.2, -0.15) is 0 Å². The maximum absolute atomic E-state index is 11.8. The van der Waals surface area contributed by atoms with Crippen LogP contribution in [0.25, 0.3) is 0 Å². The molecule has 1 aromatic rings. The van der Waals surface area contributed by atoms with Crippen molar-refractivity contribution in [2.75, 3.05) is 0 Å². The average molecular weight is 218 g/mol. The SMILES string of the molecule is Cc1ccc(C(N)C(=O)NC2CCC2)cc1. The number of benzene rings is 1. The van der Waals surface area contributed by atoms with Crippen molar-refractivity contribution in [3.63, 3.8) is 0 Å². The second kappa shape index (κ2) is 4.66. The van der Waals surface area contributed by atoms with Crippen LogP contribution in [0, 0.1) is 6.92 Å². The highest BCUT2D eigenvalue weighted by Gasteiger charge is 2.23. The van der Waals surface area contributed by atoms with E-state index in [1.165, 1.54) is 12.0 Å². The molecule has 3 N–H and O–H groups in total. The van der Waals surface area contributed by atoms with E-state index in [1.807, 2.05) is 31.2 Å². The molecule has 1 atom stereocenters. The van der Waals surface area contributed by atoms with Crippen LogP contribution in [-0.4, -0.2) is 11.9 Å². The number of carbonyl (C=O) groups is 1. The Bertz CT molecular complexity index is 368. The molecule has 0 heterocycles. The second-order valence-corrected chi connectivity index (χ2v) is 4.52. The van der Waals surface area contributed by atoms with Gasteiger partial charge in [-0.25, -0.2) is 0 Å².